The van der Waals surface area contributed by atoms with E-state index in [0.29, 0.717) is 5.69 Å². The minimum absolute atomic E-state index is 0.0649. The van der Waals surface area contributed by atoms with Gasteiger partial charge in [0.1, 0.15) is 5.69 Å². The number of aromatic nitrogens is 2. The van der Waals surface area contributed by atoms with Crippen molar-refractivity contribution in [2.45, 2.75) is 33.7 Å². The van der Waals surface area contributed by atoms with E-state index in [4.69, 9.17) is 5.10 Å². The largest absolute Gasteiger partial charge is 0.349 e. The second kappa shape index (κ2) is 6.93. The maximum absolute atomic E-state index is 12.7. The minimum atomic E-state index is -0.121. The molecule has 0 radical (unpaired) electrons. The zero-order valence-corrected chi connectivity index (χ0v) is 15.1. The van der Waals surface area contributed by atoms with Crippen molar-refractivity contribution in [1.82, 2.24) is 15.1 Å². The van der Waals surface area contributed by atoms with Crippen LogP contribution >= 0.6 is 0 Å². The standard InChI is InChI=1S/C21H23N3O/c1-14(2)22-21(25)20-13-18(17-8-6-5-7-9-17)23-24(20)19-11-10-15(3)12-16(19)4/h5-14H,1-4H3,(H,22,25). The van der Waals surface area contributed by atoms with E-state index in [1.807, 2.05) is 69.3 Å². The highest BCUT2D eigenvalue weighted by Gasteiger charge is 2.19. The van der Waals surface area contributed by atoms with E-state index in [2.05, 4.69) is 18.3 Å². The topological polar surface area (TPSA) is 46.9 Å². The number of hydrogen-bond donors (Lipinski definition) is 1. The quantitative estimate of drug-likeness (QED) is 0.774. The molecule has 1 heterocycles. The van der Waals surface area contributed by atoms with Crippen molar-refractivity contribution in [3.63, 3.8) is 0 Å². The number of aryl methyl sites for hydroxylation is 2. The van der Waals surface area contributed by atoms with Crippen molar-refractivity contribution in [3.8, 4) is 16.9 Å². The Morgan fingerprint density at radius 1 is 1.04 bits per heavy atom. The SMILES string of the molecule is Cc1ccc(-n2nc(-c3ccccc3)cc2C(=O)NC(C)C)c(C)c1. The molecule has 128 valence electrons. The second-order valence-electron chi connectivity index (χ2n) is 6.61. The fourth-order valence-corrected chi connectivity index (χ4v) is 2.86. The van der Waals surface area contributed by atoms with Crippen molar-refractivity contribution in [1.29, 1.82) is 0 Å². The molecule has 0 spiro atoms. The summed E-state index contributed by atoms with van der Waals surface area (Å²) < 4.78 is 1.74. The van der Waals surface area contributed by atoms with Crippen LogP contribution in [0.25, 0.3) is 16.9 Å². The molecule has 1 aromatic heterocycles. The van der Waals surface area contributed by atoms with Gasteiger partial charge in [0, 0.05) is 11.6 Å². The third kappa shape index (κ3) is 3.63. The first-order valence-electron chi connectivity index (χ1n) is 8.49. The smallest absolute Gasteiger partial charge is 0.270 e. The van der Waals surface area contributed by atoms with Crippen LogP contribution in [0.1, 0.15) is 35.5 Å². The van der Waals surface area contributed by atoms with Crippen LogP contribution in [-0.2, 0) is 0 Å². The van der Waals surface area contributed by atoms with Crippen LogP contribution in [0.4, 0.5) is 0 Å². The Morgan fingerprint density at radius 3 is 2.40 bits per heavy atom. The molecular formula is C21H23N3O. The molecule has 0 fully saturated rings. The van der Waals surface area contributed by atoms with Crippen LogP contribution in [0.2, 0.25) is 0 Å². The van der Waals surface area contributed by atoms with Gasteiger partial charge in [0.15, 0.2) is 0 Å². The van der Waals surface area contributed by atoms with Gasteiger partial charge in [-0.15, -0.1) is 0 Å². The van der Waals surface area contributed by atoms with Gasteiger partial charge in [-0.3, -0.25) is 4.79 Å². The maximum Gasteiger partial charge on any atom is 0.270 e. The molecule has 0 aliphatic carbocycles. The zero-order chi connectivity index (χ0) is 18.0. The van der Waals surface area contributed by atoms with Crippen molar-refractivity contribution in [2.75, 3.05) is 0 Å². The van der Waals surface area contributed by atoms with Crippen molar-refractivity contribution in [3.05, 3.63) is 71.4 Å². The summed E-state index contributed by atoms with van der Waals surface area (Å²) in [6.07, 6.45) is 0. The third-order valence-corrected chi connectivity index (χ3v) is 4.01. The van der Waals surface area contributed by atoms with E-state index in [-0.39, 0.29) is 11.9 Å². The second-order valence-corrected chi connectivity index (χ2v) is 6.61. The third-order valence-electron chi connectivity index (χ3n) is 4.01. The lowest BCUT2D eigenvalue weighted by Gasteiger charge is -2.12. The molecule has 1 amide bonds. The molecule has 4 heteroatoms. The number of benzene rings is 2. The minimum Gasteiger partial charge on any atom is -0.349 e. The van der Waals surface area contributed by atoms with Crippen molar-refractivity contribution in [2.24, 2.45) is 0 Å². The van der Waals surface area contributed by atoms with E-state index in [1.54, 1.807) is 4.68 Å². The van der Waals surface area contributed by atoms with E-state index in [1.165, 1.54) is 5.56 Å². The number of carbonyl (C=O) groups excluding carboxylic acids is 1. The molecule has 0 bridgehead atoms. The summed E-state index contributed by atoms with van der Waals surface area (Å²) in [5.41, 5.74) is 5.51. The molecule has 3 rings (SSSR count). The maximum atomic E-state index is 12.7. The zero-order valence-electron chi connectivity index (χ0n) is 15.1. The number of carbonyl (C=O) groups is 1. The molecule has 1 N–H and O–H groups in total. The van der Waals surface area contributed by atoms with Crippen molar-refractivity contribution < 1.29 is 4.79 Å². The lowest BCUT2D eigenvalue weighted by Crippen LogP contribution is -2.31. The first-order chi connectivity index (χ1) is 12.0. The van der Waals surface area contributed by atoms with E-state index in [0.717, 1.165) is 22.5 Å². The van der Waals surface area contributed by atoms with Gasteiger partial charge >= 0.3 is 0 Å². The van der Waals surface area contributed by atoms with Crippen LogP contribution < -0.4 is 5.32 Å². The molecule has 2 aromatic carbocycles. The lowest BCUT2D eigenvalue weighted by molar-refractivity contribution is 0.0935. The lowest BCUT2D eigenvalue weighted by atomic mass is 10.1. The first kappa shape index (κ1) is 17.0. The van der Waals surface area contributed by atoms with Gasteiger partial charge in [0.05, 0.1) is 11.4 Å². The summed E-state index contributed by atoms with van der Waals surface area (Å²) in [6, 6.07) is 18.0. The Balaban J connectivity index is 2.14. The average molecular weight is 333 g/mol. The van der Waals surface area contributed by atoms with Gasteiger partial charge in [-0.25, -0.2) is 4.68 Å². The Hall–Kier alpha value is -2.88. The molecule has 0 saturated heterocycles. The van der Waals surface area contributed by atoms with E-state index >= 15 is 0 Å². The molecule has 0 aliphatic heterocycles. The van der Waals surface area contributed by atoms with E-state index in [9.17, 15) is 4.79 Å². The summed E-state index contributed by atoms with van der Waals surface area (Å²) in [4.78, 5) is 12.7. The summed E-state index contributed by atoms with van der Waals surface area (Å²) in [6.45, 7) is 8.00. The summed E-state index contributed by atoms with van der Waals surface area (Å²) in [5, 5.41) is 7.69. The summed E-state index contributed by atoms with van der Waals surface area (Å²) >= 11 is 0. The number of nitrogens with one attached hydrogen (secondary N) is 1. The highest BCUT2D eigenvalue weighted by atomic mass is 16.2. The fraction of sp³-hybridized carbons (Fsp3) is 0.238. The molecule has 3 aromatic rings. The normalized spacial score (nSPS) is 10.9. The highest BCUT2D eigenvalue weighted by molar-refractivity contribution is 5.94. The predicted octanol–water partition coefficient (Wildman–Crippen LogP) is 4.29. The predicted molar refractivity (Wildman–Crippen MR) is 101 cm³/mol. The van der Waals surface area contributed by atoms with Gasteiger partial charge < -0.3 is 5.32 Å². The molecule has 0 saturated carbocycles. The molecule has 4 nitrogen and oxygen atoms in total. The fourth-order valence-electron chi connectivity index (χ4n) is 2.86. The van der Waals surface area contributed by atoms with Gasteiger partial charge in [-0.05, 0) is 45.4 Å². The number of nitrogens with zero attached hydrogens (tertiary/aromatic N) is 2. The Bertz CT molecular complexity index is 895. The molecule has 0 unspecified atom stereocenters. The highest BCUT2D eigenvalue weighted by Crippen LogP contribution is 2.23. The molecule has 0 aliphatic rings. The monoisotopic (exact) mass is 333 g/mol. The van der Waals surface area contributed by atoms with Crippen LogP contribution in [0.3, 0.4) is 0 Å². The Kier molecular flexibility index (Phi) is 4.70. The molecule has 25 heavy (non-hydrogen) atoms. The summed E-state index contributed by atoms with van der Waals surface area (Å²) in [7, 11) is 0. The number of hydrogen-bond acceptors (Lipinski definition) is 2. The Labute approximate surface area is 148 Å². The van der Waals surface area contributed by atoms with Crippen LogP contribution in [0.5, 0.6) is 0 Å². The van der Waals surface area contributed by atoms with E-state index < -0.39 is 0 Å². The van der Waals surface area contributed by atoms with Crippen LogP contribution in [0.15, 0.2) is 54.6 Å². The van der Waals surface area contributed by atoms with Gasteiger partial charge in [0.25, 0.3) is 5.91 Å². The van der Waals surface area contributed by atoms with Gasteiger partial charge in [-0.2, -0.15) is 5.10 Å². The van der Waals surface area contributed by atoms with Crippen molar-refractivity contribution >= 4 is 5.91 Å². The van der Waals surface area contributed by atoms with Crippen LogP contribution in [0, 0.1) is 13.8 Å². The van der Waals surface area contributed by atoms with Gasteiger partial charge in [0.2, 0.25) is 0 Å². The van der Waals surface area contributed by atoms with Gasteiger partial charge in [-0.1, -0.05) is 48.0 Å². The molecule has 0 atom stereocenters. The summed E-state index contributed by atoms with van der Waals surface area (Å²) in [5.74, 6) is -0.121. The first-order valence-corrected chi connectivity index (χ1v) is 8.49. The number of amides is 1. The average Bonchev–Trinajstić information content (AvgIpc) is 3.00. The number of rotatable bonds is 4. The molecular weight excluding hydrogens is 310 g/mol. The Morgan fingerprint density at radius 2 is 1.76 bits per heavy atom. The van der Waals surface area contributed by atoms with Crippen LogP contribution in [-0.4, -0.2) is 21.7 Å².